The average molecular weight is 255 g/mol. The van der Waals surface area contributed by atoms with Crippen molar-refractivity contribution < 1.29 is 0 Å². The highest BCUT2D eigenvalue weighted by atomic mass is 15.3. The van der Waals surface area contributed by atoms with Crippen molar-refractivity contribution in [1.82, 2.24) is 4.98 Å². The molecule has 2 aromatic rings. The van der Waals surface area contributed by atoms with E-state index in [-0.39, 0.29) is 5.54 Å². The molecular formula is C16H21N3. The average Bonchev–Trinajstić information content (AvgIpc) is 2.76. The summed E-state index contributed by atoms with van der Waals surface area (Å²) in [5.41, 5.74) is 8.31. The molecule has 0 unspecified atom stereocenters. The van der Waals surface area contributed by atoms with Gasteiger partial charge in [0.25, 0.3) is 0 Å². The number of hydrogen-bond acceptors (Lipinski definition) is 3. The van der Waals surface area contributed by atoms with Gasteiger partial charge in [0.2, 0.25) is 0 Å². The molecule has 1 aromatic heterocycles. The Morgan fingerprint density at radius 2 is 2.11 bits per heavy atom. The molecule has 1 fully saturated rings. The highest BCUT2D eigenvalue weighted by molar-refractivity contribution is 5.82. The largest absolute Gasteiger partial charge is 0.351 e. The lowest BCUT2D eigenvalue weighted by molar-refractivity contribution is 0.513. The molecule has 2 N–H and O–H groups in total. The quantitative estimate of drug-likeness (QED) is 0.896. The Kier molecular flexibility index (Phi) is 2.94. The second-order valence-electron chi connectivity index (χ2n) is 5.94. The zero-order valence-corrected chi connectivity index (χ0v) is 11.7. The molecule has 0 bridgehead atoms. The van der Waals surface area contributed by atoms with Gasteiger partial charge in [0.05, 0.1) is 5.52 Å². The predicted octanol–water partition coefficient (Wildman–Crippen LogP) is 3.07. The van der Waals surface area contributed by atoms with Crippen LogP contribution in [0.2, 0.25) is 0 Å². The third-order valence-electron chi connectivity index (χ3n) is 4.16. The Balaban J connectivity index is 2.16. The number of nitrogens with zero attached hydrogens (tertiary/aromatic N) is 2. The summed E-state index contributed by atoms with van der Waals surface area (Å²) in [6, 6.07) is 10.4. The second kappa shape index (κ2) is 4.49. The molecule has 0 atom stereocenters. The minimum atomic E-state index is 0.180. The number of rotatable bonds is 2. The minimum Gasteiger partial charge on any atom is -0.351 e. The third kappa shape index (κ3) is 2.08. The Bertz CT molecular complexity index is 604. The fourth-order valence-corrected chi connectivity index (χ4v) is 3.03. The lowest BCUT2D eigenvalue weighted by atomic mass is 10.0. The highest BCUT2D eigenvalue weighted by Gasteiger charge is 2.33. The van der Waals surface area contributed by atoms with Crippen molar-refractivity contribution >= 4 is 16.7 Å². The number of para-hydroxylation sites is 1. The lowest BCUT2D eigenvalue weighted by Gasteiger charge is -2.34. The van der Waals surface area contributed by atoms with E-state index in [9.17, 15) is 0 Å². The molecule has 0 spiro atoms. The van der Waals surface area contributed by atoms with Gasteiger partial charge in [-0.3, -0.25) is 0 Å². The van der Waals surface area contributed by atoms with Gasteiger partial charge in [0.1, 0.15) is 5.82 Å². The van der Waals surface area contributed by atoms with E-state index >= 15 is 0 Å². The summed E-state index contributed by atoms with van der Waals surface area (Å²) in [6.45, 7) is 6.19. The van der Waals surface area contributed by atoms with Crippen molar-refractivity contribution in [2.75, 3.05) is 11.4 Å². The van der Waals surface area contributed by atoms with Gasteiger partial charge in [0.15, 0.2) is 0 Å². The smallest absolute Gasteiger partial charge is 0.134 e. The molecular weight excluding hydrogens is 234 g/mol. The minimum absolute atomic E-state index is 0.180. The van der Waals surface area contributed by atoms with Gasteiger partial charge in [0, 0.05) is 29.6 Å². The number of pyridine rings is 1. The van der Waals surface area contributed by atoms with Crippen LogP contribution in [0, 0.1) is 0 Å². The molecule has 3 nitrogen and oxygen atoms in total. The Morgan fingerprint density at radius 3 is 2.79 bits per heavy atom. The van der Waals surface area contributed by atoms with Crippen LogP contribution in [-0.4, -0.2) is 17.1 Å². The van der Waals surface area contributed by atoms with Gasteiger partial charge in [-0.05, 0) is 38.8 Å². The van der Waals surface area contributed by atoms with Gasteiger partial charge in [-0.25, -0.2) is 4.98 Å². The van der Waals surface area contributed by atoms with Gasteiger partial charge < -0.3 is 10.6 Å². The van der Waals surface area contributed by atoms with Crippen LogP contribution in [0.4, 0.5) is 5.82 Å². The van der Waals surface area contributed by atoms with Crippen LogP contribution in [0.3, 0.4) is 0 Å². The molecule has 1 aliphatic heterocycles. The maximum atomic E-state index is 5.93. The van der Waals surface area contributed by atoms with Crippen LogP contribution in [0.1, 0.15) is 32.3 Å². The Hall–Kier alpha value is -1.61. The van der Waals surface area contributed by atoms with E-state index in [4.69, 9.17) is 10.7 Å². The van der Waals surface area contributed by atoms with E-state index in [1.165, 1.54) is 18.2 Å². The zero-order chi connectivity index (χ0) is 13.5. The molecule has 1 saturated heterocycles. The maximum absolute atomic E-state index is 5.93. The number of hydrogen-bond donors (Lipinski definition) is 1. The van der Waals surface area contributed by atoms with Gasteiger partial charge >= 0.3 is 0 Å². The second-order valence-corrected chi connectivity index (χ2v) is 5.94. The molecule has 0 aliphatic carbocycles. The maximum Gasteiger partial charge on any atom is 0.134 e. The standard InChI is InChI=1S/C16H21N3/c1-16(2)8-5-9-19(16)15-13(11-17)10-12-6-3-4-7-14(12)18-15/h3-4,6-7,10H,5,8-9,11,17H2,1-2H3. The molecule has 2 heterocycles. The predicted molar refractivity (Wildman–Crippen MR) is 80.3 cm³/mol. The summed E-state index contributed by atoms with van der Waals surface area (Å²) in [6.07, 6.45) is 2.44. The molecule has 0 amide bonds. The first-order chi connectivity index (χ1) is 9.12. The van der Waals surface area contributed by atoms with E-state index in [1.807, 2.05) is 12.1 Å². The fourth-order valence-electron chi connectivity index (χ4n) is 3.03. The van der Waals surface area contributed by atoms with Crippen molar-refractivity contribution in [3.63, 3.8) is 0 Å². The Morgan fingerprint density at radius 1 is 1.32 bits per heavy atom. The van der Waals surface area contributed by atoms with Crippen molar-refractivity contribution in [3.8, 4) is 0 Å². The number of benzene rings is 1. The summed E-state index contributed by atoms with van der Waals surface area (Å²) in [5, 5.41) is 1.17. The first-order valence-corrected chi connectivity index (χ1v) is 6.98. The summed E-state index contributed by atoms with van der Waals surface area (Å²) >= 11 is 0. The van der Waals surface area contributed by atoms with Crippen molar-refractivity contribution in [3.05, 3.63) is 35.9 Å². The van der Waals surface area contributed by atoms with E-state index in [1.54, 1.807) is 0 Å². The molecule has 100 valence electrons. The lowest BCUT2D eigenvalue weighted by Crippen LogP contribution is -2.39. The number of fused-ring (bicyclic) bond motifs is 1. The molecule has 3 heteroatoms. The van der Waals surface area contributed by atoms with Crippen molar-refractivity contribution in [2.45, 2.75) is 38.8 Å². The SMILES string of the molecule is CC1(C)CCCN1c1nc2ccccc2cc1CN. The van der Waals surface area contributed by atoms with E-state index < -0.39 is 0 Å². The molecule has 3 rings (SSSR count). The van der Waals surface area contributed by atoms with Crippen LogP contribution in [0.15, 0.2) is 30.3 Å². The topological polar surface area (TPSA) is 42.2 Å². The van der Waals surface area contributed by atoms with Gasteiger partial charge in [-0.1, -0.05) is 18.2 Å². The van der Waals surface area contributed by atoms with E-state index in [0.29, 0.717) is 6.54 Å². The first kappa shape index (κ1) is 12.4. The van der Waals surface area contributed by atoms with E-state index in [2.05, 4.69) is 36.9 Å². The zero-order valence-electron chi connectivity index (χ0n) is 11.7. The fraction of sp³-hybridized carbons (Fsp3) is 0.438. The van der Waals surface area contributed by atoms with Gasteiger partial charge in [-0.15, -0.1) is 0 Å². The molecule has 1 aliphatic rings. The van der Waals surface area contributed by atoms with Crippen LogP contribution in [0.25, 0.3) is 10.9 Å². The Labute approximate surface area is 114 Å². The number of anilines is 1. The summed E-state index contributed by atoms with van der Waals surface area (Å²) in [5.74, 6) is 1.07. The summed E-state index contributed by atoms with van der Waals surface area (Å²) in [7, 11) is 0. The molecule has 0 radical (unpaired) electrons. The summed E-state index contributed by atoms with van der Waals surface area (Å²) in [4.78, 5) is 7.29. The monoisotopic (exact) mass is 255 g/mol. The summed E-state index contributed by atoms with van der Waals surface area (Å²) < 4.78 is 0. The van der Waals surface area contributed by atoms with Crippen LogP contribution in [-0.2, 0) is 6.54 Å². The van der Waals surface area contributed by atoms with E-state index in [0.717, 1.165) is 23.4 Å². The van der Waals surface area contributed by atoms with Crippen LogP contribution >= 0.6 is 0 Å². The molecule has 1 aromatic carbocycles. The first-order valence-electron chi connectivity index (χ1n) is 6.98. The van der Waals surface area contributed by atoms with Gasteiger partial charge in [-0.2, -0.15) is 0 Å². The van der Waals surface area contributed by atoms with Crippen LogP contribution < -0.4 is 10.6 Å². The highest BCUT2D eigenvalue weighted by Crippen LogP contribution is 2.35. The molecule has 19 heavy (non-hydrogen) atoms. The van der Waals surface area contributed by atoms with Crippen molar-refractivity contribution in [1.29, 1.82) is 0 Å². The third-order valence-corrected chi connectivity index (χ3v) is 4.16. The number of nitrogens with two attached hydrogens (primary N) is 1. The normalized spacial score (nSPS) is 18.2. The molecule has 0 saturated carbocycles. The van der Waals surface area contributed by atoms with Crippen molar-refractivity contribution in [2.24, 2.45) is 5.73 Å². The number of aromatic nitrogens is 1. The van der Waals surface area contributed by atoms with Crippen LogP contribution in [0.5, 0.6) is 0 Å².